The van der Waals surface area contributed by atoms with Gasteiger partial charge >= 0.3 is 0 Å². The molecule has 1 unspecified atom stereocenters. The summed E-state index contributed by atoms with van der Waals surface area (Å²) in [4.78, 5) is 9.08. The molecule has 52 heavy (non-hydrogen) atoms. The zero-order chi connectivity index (χ0) is 35.4. The maximum atomic E-state index is 5.92. The molecular weight excluding hydrogens is 689 g/mol. The number of benzene rings is 2. The fourth-order valence-electron chi connectivity index (χ4n) is 9.60. The Morgan fingerprint density at radius 1 is 0.673 bits per heavy atom. The minimum absolute atomic E-state index is 0.0134. The third-order valence-corrected chi connectivity index (χ3v) is 16.0. The van der Waals surface area contributed by atoms with Crippen LogP contribution in [-0.2, 0) is 12.0 Å². The summed E-state index contributed by atoms with van der Waals surface area (Å²) in [6.45, 7) is 10.4. The number of thiophene rings is 3. The van der Waals surface area contributed by atoms with Crippen molar-refractivity contribution in [2.24, 2.45) is 17.1 Å². The van der Waals surface area contributed by atoms with Crippen molar-refractivity contribution in [2.45, 2.75) is 71.8 Å². The lowest BCUT2D eigenvalue weighted by Gasteiger charge is -2.36. The second kappa shape index (κ2) is 12.0. The monoisotopic (exact) mass is 732 g/mol. The van der Waals surface area contributed by atoms with Crippen molar-refractivity contribution in [3.8, 4) is 19.5 Å². The first-order chi connectivity index (χ1) is 25.2. The van der Waals surface area contributed by atoms with Crippen LogP contribution < -0.4 is 10.6 Å². The molecule has 3 heterocycles. The second-order valence-electron chi connectivity index (χ2n) is 16.0. The van der Waals surface area contributed by atoms with Gasteiger partial charge in [-0.2, -0.15) is 0 Å². The highest BCUT2D eigenvalue weighted by molar-refractivity contribution is 7.28. The fraction of sp³-hybridized carbons (Fsp3) is 0.277. The molecule has 0 saturated heterocycles. The van der Waals surface area contributed by atoms with E-state index in [-0.39, 0.29) is 10.8 Å². The van der Waals surface area contributed by atoms with E-state index in [0.29, 0.717) is 12.5 Å². The number of hydrogen-bond acceptors (Lipinski definition) is 5. The molecule has 5 aliphatic carbocycles. The van der Waals surface area contributed by atoms with E-state index in [1.165, 1.54) is 85.0 Å². The van der Waals surface area contributed by atoms with Crippen LogP contribution in [0.15, 0.2) is 131 Å². The summed E-state index contributed by atoms with van der Waals surface area (Å²) in [7, 11) is 0. The van der Waals surface area contributed by atoms with Gasteiger partial charge in [-0.3, -0.25) is 0 Å². The predicted molar refractivity (Wildman–Crippen MR) is 227 cm³/mol. The van der Waals surface area contributed by atoms with Gasteiger partial charge in [0.15, 0.2) is 0 Å². The fourth-order valence-corrected chi connectivity index (χ4v) is 12.8. The smallest absolute Gasteiger partial charge is 0.0472 e. The third kappa shape index (κ3) is 4.96. The van der Waals surface area contributed by atoms with Gasteiger partial charge in [0.2, 0.25) is 0 Å². The van der Waals surface area contributed by atoms with Crippen molar-refractivity contribution in [3.63, 3.8) is 0 Å². The van der Waals surface area contributed by atoms with Crippen molar-refractivity contribution in [1.29, 1.82) is 0 Å². The maximum Gasteiger partial charge on any atom is 0.0472 e. The molecule has 0 radical (unpaired) electrons. The standard InChI is InChI=1S/C47H44N2S3/c1-46(2)37-11-7-5-9-33(37)35-18-15-29(24-39(35)46)49(30-16-19-36-34-10-6-8-12-38(34)47(3,4)40(36)25-30)31-14-13-28-23-45(52-44(28)26-31)43-22-21-42(51-43)41-20-17-32(27-48)50-41/h9-24,26,40H,5-8,25,27,48H2,1-4H3. The molecule has 1 saturated carbocycles. The molecule has 0 aliphatic heterocycles. The van der Waals surface area contributed by atoms with Crippen LogP contribution in [-0.4, -0.2) is 0 Å². The number of rotatable bonds is 6. The van der Waals surface area contributed by atoms with E-state index in [9.17, 15) is 0 Å². The lowest BCUT2D eigenvalue weighted by Crippen LogP contribution is -2.27. The zero-order valence-corrected chi connectivity index (χ0v) is 32.8. The molecule has 0 amide bonds. The SMILES string of the molecule is CC1(C)C2=CCCC=C2c2ccc(N(C3=CC=C4C5=CCCC=C5C(C)(C)C4C3)c3ccc4cc(-c5ccc(-c6ccc(CN)s6)s5)sc4c3)cc21. The van der Waals surface area contributed by atoms with E-state index in [2.05, 4.69) is 136 Å². The van der Waals surface area contributed by atoms with Crippen LogP contribution in [0.1, 0.15) is 75.8 Å². The van der Waals surface area contributed by atoms with Crippen LogP contribution in [0.2, 0.25) is 0 Å². The topological polar surface area (TPSA) is 29.3 Å². The lowest BCUT2D eigenvalue weighted by atomic mass is 9.74. The van der Waals surface area contributed by atoms with E-state index in [4.69, 9.17) is 5.73 Å². The first kappa shape index (κ1) is 32.6. The Morgan fingerprint density at radius 3 is 2.17 bits per heavy atom. The Bertz CT molecular complexity index is 2500. The van der Waals surface area contributed by atoms with Crippen LogP contribution >= 0.6 is 34.0 Å². The van der Waals surface area contributed by atoms with Gasteiger partial charge < -0.3 is 10.6 Å². The highest BCUT2D eigenvalue weighted by atomic mass is 32.1. The minimum atomic E-state index is -0.0134. The third-order valence-electron chi connectivity index (χ3n) is 12.3. The molecule has 2 N–H and O–H groups in total. The van der Waals surface area contributed by atoms with Gasteiger partial charge in [-0.15, -0.1) is 34.0 Å². The predicted octanol–water partition coefficient (Wildman–Crippen LogP) is 13.9. The van der Waals surface area contributed by atoms with Gasteiger partial charge in [-0.1, -0.05) is 70.2 Å². The highest BCUT2D eigenvalue weighted by Crippen LogP contribution is 2.59. The number of fused-ring (bicyclic) bond motifs is 7. The number of hydrogen-bond donors (Lipinski definition) is 1. The average Bonchev–Trinajstić information content (AvgIpc) is 3.99. The largest absolute Gasteiger partial charge is 0.326 e. The summed E-state index contributed by atoms with van der Waals surface area (Å²) < 4.78 is 1.33. The van der Waals surface area contributed by atoms with Gasteiger partial charge in [0.25, 0.3) is 0 Å². The Balaban J connectivity index is 1.08. The molecule has 2 nitrogen and oxygen atoms in total. The quantitative estimate of drug-likeness (QED) is 0.188. The van der Waals surface area contributed by atoms with E-state index in [1.807, 2.05) is 22.7 Å². The Kier molecular flexibility index (Phi) is 7.54. The zero-order valence-electron chi connectivity index (χ0n) is 30.4. The maximum absolute atomic E-state index is 5.92. The van der Waals surface area contributed by atoms with Crippen LogP contribution in [0.3, 0.4) is 0 Å². The van der Waals surface area contributed by atoms with Gasteiger partial charge in [0, 0.05) is 58.1 Å². The number of nitrogens with zero attached hydrogens (tertiary/aromatic N) is 1. The normalized spacial score (nSPS) is 20.9. The first-order valence-corrected chi connectivity index (χ1v) is 21.3. The summed E-state index contributed by atoms with van der Waals surface area (Å²) >= 11 is 5.59. The van der Waals surface area contributed by atoms with Crippen LogP contribution in [0, 0.1) is 11.3 Å². The molecule has 0 spiro atoms. The van der Waals surface area contributed by atoms with Gasteiger partial charge in [-0.25, -0.2) is 0 Å². The summed E-state index contributed by atoms with van der Waals surface area (Å²) in [5, 5.41) is 1.30. The Morgan fingerprint density at radius 2 is 1.37 bits per heavy atom. The summed E-state index contributed by atoms with van der Waals surface area (Å²) in [5.74, 6) is 0.462. The molecule has 5 aromatic rings. The van der Waals surface area contributed by atoms with E-state index in [1.54, 1.807) is 16.9 Å². The molecule has 3 aromatic heterocycles. The molecule has 260 valence electrons. The second-order valence-corrected chi connectivity index (χ2v) is 19.4. The van der Waals surface area contributed by atoms with Crippen LogP contribution in [0.5, 0.6) is 0 Å². The molecule has 2 aromatic carbocycles. The van der Waals surface area contributed by atoms with Gasteiger partial charge in [-0.05, 0) is 148 Å². The molecule has 1 atom stereocenters. The Hall–Kier alpha value is -4.00. The molecule has 0 bridgehead atoms. The molecule has 10 rings (SSSR count). The van der Waals surface area contributed by atoms with Crippen LogP contribution in [0.4, 0.5) is 11.4 Å². The number of anilines is 2. The molecular formula is C47H44N2S3. The average molecular weight is 733 g/mol. The van der Waals surface area contributed by atoms with E-state index >= 15 is 0 Å². The summed E-state index contributed by atoms with van der Waals surface area (Å²) in [5.41, 5.74) is 20.3. The van der Waals surface area contributed by atoms with Crippen molar-refractivity contribution < 1.29 is 0 Å². The number of allylic oxidation sites excluding steroid dienone is 12. The first-order valence-electron chi connectivity index (χ1n) is 18.8. The van der Waals surface area contributed by atoms with Crippen molar-refractivity contribution in [3.05, 3.63) is 147 Å². The lowest BCUT2D eigenvalue weighted by molar-refractivity contribution is 0.335. The van der Waals surface area contributed by atoms with Gasteiger partial charge in [0.1, 0.15) is 0 Å². The summed E-state index contributed by atoms with van der Waals surface area (Å²) in [6, 6.07) is 25.7. The highest BCUT2D eigenvalue weighted by Gasteiger charge is 2.47. The molecule has 5 heteroatoms. The number of nitrogens with two attached hydrogens (primary N) is 1. The van der Waals surface area contributed by atoms with E-state index in [0.717, 1.165) is 32.1 Å². The molecule has 5 aliphatic rings. The van der Waals surface area contributed by atoms with Crippen molar-refractivity contribution in [2.75, 3.05) is 4.90 Å². The van der Waals surface area contributed by atoms with E-state index < -0.39 is 0 Å². The summed E-state index contributed by atoms with van der Waals surface area (Å²) in [6.07, 6.45) is 20.5. The Labute approximate surface area is 319 Å². The van der Waals surface area contributed by atoms with Crippen molar-refractivity contribution in [1.82, 2.24) is 0 Å². The minimum Gasteiger partial charge on any atom is -0.326 e. The van der Waals surface area contributed by atoms with Crippen LogP contribution in [0.25, 0.3) is 35.2 Å². The van der Waals surface area contributed by atoms with Crippen molar-refractivity contribution >= 4 is 61.0 Å². The molecule has 1 fully saturated rings. The van der Waals surface area contributed by atoms with Gasteiger partial charge in [0.05, 0.1) is 0 Å².